The van der Waals surface area contributed by atoms with Crippen molar-refractivity contribution in [1.29, 1.82) is 0 Å². The van der Waals surface area contributed by atoms with Gasteiger partial charge in [-0.3, -0.25) is 0 Å². The first-order valence-electron chi connectivity index (χ1n) is 8.22. The van der Waals surface area contributed by atoms with E-state index in [1.54, 1.807) is 42.5 Å². The highest BCUT2D eigenvalue weighted by atomic mass is 32.1. The standard InChI is InChI=1S/C8H18O4SSi.C7H16O3SSi/c1-8(13)12-6-5-7-14(9-2,10-3)11-4;1-5-10-7(11)6-12(4,8-2)9-3/h5-7H2,1-4H3;5-6H2,1-4H3. The van der Waals surface area contributed by atoms with Crippen LogP contribution in [-0.2, 0) is 31.6 Å². The zero-order valence-corrected chi connectivity index (χ0v) is 20.8. The molecule has 0 spiro atoms. The van der Waals surface area contributed by atoms with Crippen LogP contribution in [0.15, 0.2) is 0 Å². The molecule has 156 valence electrons. The van der Waals surface area contributed by atoms with Crippen molar-refractivity contribution in [3.8, 4) is 0 Å². The quantitative estimate of drug-likeness (QED) is 0.255. The molecule has 0 saturated carbocycles. The van der Waals surface area contributed by atoms with Crippen LogP contribution >= 0.6 is 24.4 Å². The van der Waals surface area contributed by atoms with Gasteiger partial charge in [0.1, 0.15) is 0 Å². The van der Waals surface area contributed by atoms with Gasteiger partial charge in [-0.1, -0.05) is 0 Å². The van der Waals surface area contributed by atoms with Crippen LogP contribution in [0, 0.1) is 0 Å². The molecule has 0 amide bonds. The monoisotopic (exact) mass is 446 g/mol. The van der Waals surface area contributed by atoms with E-state index in [1.807, 2.05) is 13.5 Å². The minimum absolute atomic E-state index is 0.560. The van der Waals surface area contributed by atoms with Gasteiger partial charge in [0.05, 0.1) is 19.3 Å². The number of thiocarbonyl (C=S) groups is 2. The largest absolute Gasteiger partial charge is 0.500 e. The maximum Gasteiger partial charge on any atom is 0.500 e. The molecule has 7 nitrogen and oxygen atoms in total. The molecule has 0 fully saturated rings. The molecule has 26 heavy (non-hydrogen) atoms. The summed E-state index contributed by atoms with van der Waals surface area (Å²) in [7, 11) is 3.61. The third-order valence-corrected chi connectivity index (χ3v) is 9.66. The molecule has 0 aromatic heterocycles. The maximum atomic E-state index is 5.25. The summed E-state index contributed by atoms with van der Waals surface area (Å²) in [6.45, 7) is 6.81. The fraction of sp³-hybridized carbons (Fsp3) is 0.867. The van der Waals surface area contributed by atoms with Crippen LogP contribution in [0.2, 0.25) is 18.6 Å². The SMILES string of the molecule is CCOC(=S)C[Si](C)(OC)OC.CO[Si](CCCOC(C)=S)(OC)OC. The molecule has 0 radical (unpaired) electrons. The van der Waals surface area contributed by atoms with Crippen LogP contribution in [0.4, 0.5) is 0 Å². The first kappa shape index (κ1) is 28.2. The van der Waals surface area contributed by atoms with E-state index in [-0.39, 0.29) is 0 Å². The second kappa shape index (κ2) is 16.0. The Kier molecular flexibility index (Phi) is 17.4. The molecule has 0 N–H and O–H groups in total. The Bertz CT molecular complexity index is 384. The Labute approximate surface area is 171 Å². The predicted octanol–water partition coefficient (Wildman–Crippen LogP) is 3.33. The molecular weight excluding hydrogens is 412 g/mol. The third kappa shape index (κ3) is 13.2. The van der Waals surface area contributed by atoms with E-state index in [0.29, 0.717) is 29.4 Å². The lowest BCUT2D eigenvalue weighted by atomic mass is 10.5. The fourth-order valence-electron chi connectivity index (χ4n) is 1.76. The Balaban J connectivity index is 0. The average molecular weight is 447 g/mol. The lowest BCUT2D eigenvalue weighted by molar-refractivity contribution is 0.121. The molecular formula is C15H34O7S2Si2. The zero-order chi connectivity index (χ0) is 20.6. The molecule has 0 unspecified atom stereocenters. The van der Waals surface area contributed by atoms with Crippen molar-refractivity contribution in [2.75, 3.05) is 48.8 Å². The first-order valence-corrected chi connectivity index (χ1v) is 13.5. The number of ether oxygens (including phenoxy) is 2. The second-order valence-corrected chi connectivity index (χ2v) is 12.8. The molecule has 0 rings (SSSR count). The van der Waals surface area contributed by atoms with Gasteiger partial charge in [0.2, 0.25) is 0 Å². The summed E-state index contributed by atoms with van der Waals surface area (Å²) in [5.74, 6) is 0. The predicted molar refractivity (Wildman–Crippen MR) is 115 cm³/mol. The smallest absolute Gasteiger partial charge is 0.487 e. The summed E-state index contributed by atoms with van der Waals surface area (Å²) in [6, 6.07) is 1.35. The highest BCUT2D eigenvalue weighted by molar-refractivity contribution is 7.80. The van der Waals surface area contributed by atoms with Gasteiger partial charge in [-0.2, -0.15) is 0 Å². The number of rotatable bonds is 12. The van der Waals surface area contributed by atoms with Gasteiger partial charge >= 0.3 is 17.4 Å². The van der Waals surface area contributed by atoms with E-state index in [9.17, 15) is 0 Å². The molecule has 0 aromatic carbocycles. The van der Waals surface area contributed by atoms with Gasteiger partial charge < -0.3 is 31.6 Å². The van der Waals surface area contributed by atoms with E-state index in [2.05, 4.69) is 0 Å². The molecule has 0 heterocycles. The molecule has 0 atom stereocenters. The minimum atomic E-state index is -2.41. The van der Waals surface area contributed by atoms with Crippen molar-refractivity contribution >= 4 is 51.9 Å². The Morgan fingerprint density at radius 3 is 1.69 bits per heavy atom. The van der Waals surface area contributed by atoms with Crippen LogP contribution in [-0.4, -0.2) is 76.2 Å². The third-order valence-electron chi connectivity index (χ3n) is 3.50. The van der Waals surface area contributed by atoms with E-state index in [0.717, 1.165) is 12.5 Å². The van der Waals surface area contributed by atoms with Gasteiger partial charge in [-0.05, 0) is 44.3 Å². The zero-order valence-electron chi connectivity index (χ0n) is 17.2. The number of hydrogen-bond donors (Lipinski definition) is 0. The highest BCUT2D eigenvalue weighted by Crippen LogP contribution is 2.15. The average Bonchev–Trinajstić information content (AvgIpc) is 2.63. The molecule has 0 aromatic rings. The normalized spacial score (nSPS) is 11.4. The van der Waals surface area contributed by atoms with Crippen LogP contribution in [0.25, 0.3) is 0 Å². The van der Waals surface area contributed by atoms with Crippen LogP contribution < -0.4 is 0 Å². The van der Waals surface area contributed by atoms with E-state index < -0.39 is 17.4 Å². The van der Waals surface area contributed by atoms with Gasteiger partial charge in [0.25, 0.3) is 0 Å². The topological polar surface area (TPSA) is 64.6 Å². The minimum Gasteiger partial charge on any atom is -0.487 e. The Morgan fingerprint density at radius 1 is 0.846 bits per heavy atom. The van der Waals surface area contributed by atoms with Crippen molar-refractivity contribution in [1.82, 2.24) is 0 Å². The maximum absolute atomic E-state index is 5.25. The second-order valence-electron chi connectivity index (χ2n) is 5.26. The Hall–Kier alpha value is 0.0138. The van der Waals surface area contributed by atoms with Gasteiger partial charge in [0.15, 0.2) is 10.1 Å². The molecule has 11 heteroatoms. The molecule has 0 aliphatic rings. The van der Waals surface area contributed by atoms with Crippen LogP contribution in [0.1, 0.15) is 20.3 Å². The van der Waals surface area contributed by atoms with E-state index in [1.165, 1.54) is 0 Å². The molecule has 0 bridgehead atoms. The summed E-state index contributed by atoms with van der Waals surface area (Å²) in [5.41, 5.74) is 0. The Morgan fingerprint density at radius 2 is 1.35 bits per heavy atom. The van der Waals surface area contributed by atoms with Crippen LogP contribution in [0.5, 0.6) is 0 Å². The summed E-state index contributed by atoms with van der Waals surface area (Å²) < 4.78 is 36.6. The van der Waals surface area contributed by atoms with Gasteiger partial charge in [-0.25, -0.2) is 0 Å². The summed E-state index contributed by atoms with van der Waals surface area (Å²) in [4.78, 5) is 0. The van der Waals surface area contributed by atoms with Crippen molar-refractivity contribution in [3.63, 3.8) is 0 Å². The molecule has 0 aliphatic carbocycles. The fourth-order valence-corrected chi connectivity index (χ4v) is 5.52. The van der Waals surface area contributed by atoms with Crippen molar-refractivity contribution < 1.29 is 31.6 Å². The summed E-state index contributed by atoms with van der Waals surface area (Å²) in [6.07, 6.45) is 0.815. The van der Waals surface area contributed by atoms with Crippen molar-refractivity contribution in [3.05, 3.63) is 0 Å². The lowest BCUT2D eigenvalue weighted by Crippen LogP contribution is -2.42. The summed E-state index contributed by atoms with van der Waals surface area (Å²) in [5, 5.41) is 1.14. The number of hydrogen-bond acceptors (Lipinski definition) is 9. The van der Waals surface area contributed by atoms with E-state index in [4.69, 9.17) is 56.0 Å². The van der Waals surface area contributed by atoms with Crippen molar-refractivity contribution in [2.45, 2.75) is 38.9 Å². The molecule has 0 aliphatic heterocycles. The highest BCUT2D eigenvalue weighted by Gasteiger charge is 2.36. The summed E-state index contributed by atoms with van der Waals surface area (Å²) >= 11 is 9.77. The van der Waals surface area contributed by atoms with Crippen molar-refractivity contribution in [2.24, 2.45) is 0 Å². The van der Waals surface area contributed by atoms with E-state index >= 15 is 0 Å². The first-order chi connectivity index (χ1) is 12.2. The van der Waals surface area contributed by atoms with Gasteiger partial charge in [-0.15, -0.1) is 0 Å². The van der Waals surface area contributed by atoms with Gasteiger partial charge in [0, 0.05) is 48.5 Å². The van der Waals surface area contributed by atoms with Crippen LogP contribution in [0.3, 0.4) is 0 Å². The lowest BCUT2D eigenvalue weighted by Gasteiger charge is -2.24. The molecule has 0 saturated heterocycles.